The van der Waals surface area contributed by atoms with Crippen molar-refractivity contribution in [1.29, 1.82) is 0 Å². The molecule has 0 atom stereocenters. The van der Waals surface area contributed by atoms with Crippen molar-refractivity contribution in [2.75, 3.05) is 12.9 Å². The van der Waals surface area contributed by atoms with Crippen LogP contribution in [0.5, 0.6) is 5.75 Å². The van der Waals surface area contributed by atoms with E-state index in [1.54, 1.807) is 67.8 Å². The maximum Gasteiger partial charge on any atom is 0.266 e. The molecule has 0 aliphatic rings. The minimum Gasteiger partial charge on any atom is -0.497 e. The Labute approximate surface area is 209 Å². The first-order valence-electron chi connectivity index (χ1n) is 10.0. The van der Waals surface area contributed by atoms with Crippen molar-refractivity contribution in [2.45, 2.75) is 5.16 Å². The Kier molecular flexibility index (Phi) is 7.52. The fourth-order valence-electron chi connectivity index (χ4n) is 3.10. The zero-order valence-corrected chi connectivity index (χ0v) is 20.2. The van der Waals surface area contributed by atoms with Crippen molar-refractivity contribution in [3.63, 3.8) is 0 Å². The number of carbonyl (C=O) groups is 1. The van der Waals surface area contributed by atoms with Crippen LogP contribution in [0.3, 0.4) is 0 Å². The minimum absolute atomic E-state index is 0.000348. The molecule has 1 aromatic heterocycles. The highest BCUT2D eigenvalue weighted by Crippen LogP contribution is 2.23. The van der Waals surface area contributed by atoms with Gasteiger partial charge in [0.05, 0.1) is 45.7 Å². The molecular formula is C24H18Cl2N4O3S. The van der Waals surface area contributed by atoms with Crippen molar-refractivity contribution >= 4 is 58.0 Å². The number of para-hydroxylation sites is 1. The van der Waals surface area contributed by atoms with Crippen molar-refractivity contribution in [1.82, 2.24) is 15.0 Å². The predicted octanol–water partition coefficient (Wildman–Crippen LogP) is 4.94. The predicted molar refractivity (Wildman–Crippen MR) is 137 cm³/mol. The lowest BCUT2D eigenvalue weighted by atomic mass is 10.2. The van der Waals surface area contributed by atoms with E-state index in [0.29, 0.717) is 43.1 Å². The first kappa shape index (κ1) is 23.8. The van der Waals surface area contributed by atoms with Gasteiger partial charge in [0.15, 0.2) is 5.16 Å². The van der Waals surface area contributed by atoms with Gasteiger partial charge in [-0.2, -0.15) is 5.10 Å². The molecule has 0 spiro atoms. The molecule has 1 amide bonds. The van der Waals surface area contributed by atoms with Crippen LogP contribution in [0.25, 0.3) is 16.6 Å². The molecule has 172 valence electrons. The molecule has 0 aliphatic carbocycles. The molecule has 0 fully saturated rings. The molecule has 0 bridgehead atoms. The van der Waals surface area contributed by atoms with E-state index < -0.39 is 0 Å². The summed E-state index contributed by atoms with van der Waals surface area (Å²) < 4.78 is 6.69. The first-order valence-corrected chi connectivity index (χ1v) is 11.8. The number of methoxy groups -OCH3 is 1. The Bertz CT molecular complexity index is 1440. The third kappa shape index (κ3) is 5.41. The van der Waals surface area contributed by atoms with E-state index in [2.05, 4.69) is 15.5 Å². The highest BCUT2D eigenvalue weighted by atomic mass is 35.5. The Morgan fingerprint density at radius 1 is 1.12 bits per heavy atom. The second-order valence-electron chi connectivity index (χ2n) is 7.01. The quantitative estimate of drug-likeness (QED) is 0.164. The molecule has 0 saturated heterocycles. The number of hydrogen-bond acceptors (Lipinski definition) is 6. The fraction of sp³-hybridized carbons (Fsp3) is 0.0833. The van der Waals surface area contributed by atoms with Crippen molar-refractivity contribution in [2.24, 2.45) is 5.10 Å². The van der Waals surface area contributed by atoms with Gasteiger partial charge in [0.2, 0.25) is 0 Å². The molecular weight excluding hydrogens is 495 g/mol. The number of benzene rings is 3. The Morgan fingerprint density at radius 2 is 1.88 bits per heavy atom. The van der Waals surface area contributed by atoms with Gasteiger partial charge in [-0.05, 0) is 54.1 Å². The lowest BCUT2D eigenvalue weighted by Crippen LogP contribution is -2.24. The summed E-state index contributed by atoms with van der Waals surface area (Å²) in [5.74, 6) is 0.309. The second-order valence-corrected chi connectivity index (χ2v) is 8.76. The number of thioether (sulfide) groups is 1. The summed E-state index contributed by atoms with van der Waals surface area (Å²) in [5.41, 5.74) is 4.09. The standard InChI is InChI=1S/C24H18Cl2N4O3S/c1-33-17-9-7-16(8-10-17)30-23(32)18-4-2-3-5-21(18)28-24(30)34-14-22(31)29-27-13-15-6-11-19(25)20(26)12-15/h2-13H,14H2,1H3,(H,29,31). The number of carbonyl (C=O) groups excluding carboxylic acids is 1. The minimum atomic E-state index is -0.356. The van der Waals surface area contributed by atoms with E-state index in [1.165, 1.54) is 10.8 Å². The van der Waals surface area contributed by atoms with Crippen molar-refractivity contribution < 1.29 is 9.53 Å². The summed E-state index contributed by atoms with van der Waals surface area (Å²) in [6.45, 7) is 0. The van der Waals surface area contributed by atoms with Gasteiger partial charge >= 0.3 is 0 Å². The molecule has 0 aliphatic heterocycles. The molecule has 4 rings (SSSR count). The summed E-state index contributed by atoms with van der Waals surface area (Å²) in [6, 6.07) is 19.2. The summed E-state index contributed by atoms with van der Waals surface area (Å²) in [5, 5.41) is 5.65. The molecule has 3 aromatic carbocycles. The number of fused-ring (bicyclic) bond motifs is 1. The molecule has 10 heteroatoms. The summed E-state index contributed by atoms with van der Waals surface area (Å²) in [7, 11) is 1.57. The molecule has 0 unspecified atom stereocenters. The van der Waals surface area contributed by atoms with Crippen LogP contribution in [0, 0.1) is 0 Å². The van der Waals surface area contributed by atoms with E-state index in [-0.39, 0.29) is 17.2 Å². The highest BCUT2D eigenvalue weighted by molar-refractivity contribution is 7.99. The smallest absolute Gasteiger partial charge is 0.266 e. The maximum atomic E-state index is 13.3. The van der Waals surface area contributed by atoms with E-state index >= 15 is 0 Å². The summed E-state index contributed by atoms with van der Waals surface area (Å²) in [6.07, 6.45) is 1.46. The van der Waals surface area contributed by atoms with Crippen molar-refractivity contribution in [3.8, 4) is 11.4 Å². The van der Waals surface area contributed by atoms with Crippen LogP contribution in [0.4, 0.5) is 0 Å². The number of nitrogens with zero attached hydrogens (tertiary/aromatic N) is 3. The van der Waals surface area contributed by atoms with E-state index in [9.17, 15) is 9.59 Å². The zero-order chi connectivity index (χ0) is 24.1. The number of halogens is 2. The van der Waals surface area contributed by atoms with Gasteiger partial charge in [0, 0.05) is 0 Å². The molecule has 1 N–H and O–H groups in total. The largest absolute Gasteiger partial charge is 0.497 e. The molecule has 4 aromatic rings. The fourth-order valence-corrected chi connectivity index (χ4v) is 4.21. The number of hydrazone groups is 1. The van der Waals surface area contributed by atoms with Crippen LogP contribution in [-0.2, 0) is 4.79 Å². The van der Waals surface area contributed by atoms with Gasteiger partial charge in [0.1, 0.15) is 5.75 Å². The van der Waals surface area contributed by atoms with Gasteiger partial charge < -0.3 is 4.74 Å². The molecule has 34 heavy (non-hydrogen) atoms. The van der Waals surface area contributed by atoms with Crippen LogP contribution < -0.4 is 15.7 Å². The molecule has 1 heterocycles. The third-order valence-electron chi connectivity index (χ3n) is 4.75. The Hall–Kier alpha value is -3.33. The Balaban J connectivity index is 1.55. The van der Waals surface area contributed by atoms with Gasteiger partial charge in [-0.15, -0.1) is 0 Å². The monoisotopic (exact) mass is 512 g/mol. The second kappa shape index (κ2) is 10.7. The normalized spacial score (nSPS) is 11.1. The zero-order valence-electron chi connectivity index (χ0n) is 17.9. The molecule has 0 saturated carbocycles. The van der Waals surface area contributed by atoms with Crippen LogP contribution in [0.1, 0.15) is 5.56 Å². The SMILES string of the molecule is COc1ccc(-n2c(SCC(=O)NN=Cc3ccc(Cl)c(Cl)c3)nc3ccccc3c2=O)cc1. The average molecular weight is 513 g/mol. The number of hydrogen-bond donors (Lipinski definition) is 1. The van der Waals surface area contributed by atoms with Crippen LogP contribution >= 0.6 is 35.0 Å². The maximum absolute atomic E-state index is 13.3. The van der Waals surface area contributed by atoms with E-state index in [0.717, 1.165) is 11.8 Å². The summed E-state index contributed by atoms with van der Waals surface area (Å²) in [4.78, 5) is 30.3. The van der Waals surface area contributed by atoms with Gasteiger partial charge in [-0.3, -0.25) is 14.2 Å². The highest BCUT2D eigenvalue weighted by Gasteiger charge is 2.15. The number of aromatic nitrogens is 2. The van der Waals surface area contributed by atoms with Crippen LogP contribution in [0.2, 0.25) is 10.0 Å². The van der Waals surface area contributed by atoms with Crippen LogP contribution in [-0.4, -0.2) is 34.5 Å². The van der Waals surface area contributed by atoms with Gasteiger partial charge in [0.25, 0.3) is 11.5 Å². The van der Waals surface area contributed by atoms with Gasteiger partial charge in [-0.1, -0.05) is 53.2 Å². The molecule has 7 nitrogen and oxygen atoms in total. The number of ether oxygens (including phenoxy) is 1. The van der Waals surface area contributed by atoms with Crippen LogP contribution in [0.15, 0.2) is 81.8 Å². The Morgan fingerprint density at radius 3 is 2.62 bits per heavy atom. The summed E-state index contributed by atoms with van der Waals surface area (Å²) >= 11 is 13.0. The number of amides is 1. The first-order chi connectivity index (χ1) is 16.5. The van der Waals surface area contributed by atoms with Crippen molar-refractivity contribution in [3.05, 3.63) is 92.7 Å². The van der Waals surface area contributed by atoms with E-state index in [1.807, 2.05) is 6.07 Å². The number of nitrogens with one attached hydrogen (secondary N) is 1. The molecule has 0 radical (unpaired) electrons. The lowest BCUT2D eigenvalue weighted by Gasteiger charge is -2.13. The van der Waals surface area contributed by atoms with E-state index in [4.69, 9.17) is 27.9 Å². The van der Waals surface area contributed by atoms with Gasteiger partial charge in [-0.25, -0.2) is 10.4 Å². The topological polar surface area (TPSA) is 85.6 Å². The number of rotatable bonds is 7. The third-order valence-corrected chi connectivity index (χ3v) is 6.43. The average Bonchev–Trinajstić information content (AvgIpc) is 2.85. The lowest BCUT2D eigenvalue weighted by molar-refractivity contribution is -0.118.